The Bertz CT molecular complexity index is 1190. The molecule has 0 radical (unpaired) electrons. The number of esters is 1. The van der Waals surface area contributed by atoms with Crippen molar-refractivity contribution in [1.29, 1.82) is 0 Å². The summed E-state index contributed by atoms with van der Waals surface area (Å²) in [5.74, 6) is -3.82. The minimum Gasteiger partial charge on any atom is -0.449 e. The molecular weight excluding hydrogens is 576 g/mol. The first-order valence-corrected chi connectivity index (χ1v) is 15.6. The van der Waals surface area contributed by atoms with E-state index in [0.717, 1.165) is 12.2 Å². The third kappa shape index (κ3) is 4.55. The molecule has 0 aromatic carbocycles. The number of ether oxygens (including phenoxy) is 2. The molecule has 0 aromatic rings. The molecular formula is C26H34F3O9PS. The number of carbonyl (C=O) groups excluding carboxylic acids is 3. The van der Waals surface area contributed by atoms with E-state index < -0.39 is 89.6 Å². The summed E-state index contributed by atoms with van der Waals surface area (Å²) in [5, 5.41) is -0.756. The molecule has 3 saturated carbocycles. The number of rotatable bonds is 8. The Hall–Kier alpha value is -1.50. The zero-order valence-corrected chi connectivity index (χ0v) is 24.3. The number of alkyl halides is 3. The van der Waals surface area contributed by atoms with Gasteiger partial charge in [-0.2, -0.15) is 0 Å². The largest absolute Gasteiger partial charge is 0.471 e. The highest BCUT2D eigenvalue weighted by Crippen LogP contribution is 2.72. The van der Waals surface area contributed by atoms with E-state index in [0.29, 0.717) is 11.8 Å². The number of carbonyl (C=O) groups is 3. The highest BCUT2D eigenvalue weighted by Gasteiger charge is 2.78. The second-order valence-electron chi connectivity index (χ2n) is 11.5. The van der Waals surface area contributed by atoms with Crippen LogP contribution in [-0.2, 0) is 32.9 Å². The summed E-state index contributed by atoms with van der Waals surface area (Å²) in [5.41, 5.74) is -7.48. The van der Waals surface area contributed by atoms with E-state index in [1.165, 1.54) is 19.9 Å². The van der Waals surface area contributed by atoms with Gasteiger partial charge in [-0.05, 0) is 61.6 Å². The van der Waals surface area contributed by atoms with Gasteiger partial charge >= 0.3 is 13.8 Å². The van der Waals surface area contributed by atoms with Crippen molar-refractivity contribution in [2.75, 3.05) is 12.8 Å². The highest BCUT2D eigenvalue weighted by molar-refractivity contribution is 8.13. The third-order valence-corrected chi connectivity index (χ3v) is 10.8. The topological polar surface area (TPSA) is 136 Å². The molecule has 0 spiro atoms. The van der Waals surface area contributed by atoms with E-state index in [2.05, 4.69) is 4.52 Å². The fourth-order valence-corrected chi connectivity index (χ4v) is 8.94. The Labute approximate surface area is 234 Å². The highest BCUT2D eigenvalue weighted by atomic mass is 32.2. The summed E-state index contributed by atoms with van der Waals surface area (Å²) in [6.45, 7) is 5.20. The Morgan fingerprint density at radius 1 is 1.23 bits per heavy atom. The molecule has 0 aromatic heterocycles. The molecule has 40 heavy (non-hydrogen) atoms. The molecule has 14 heteroatoms. The van der Waals surface area contributed by atoms with Crippen LogP contribution in [0.25, 0.3) is 0 Å². The number of allylic oxidation sites excluding steroid dienone is 4. The molecule has 0 amide bonds. The quantitative estimate of drug-likeness (QED) is 0.229. The van der Waals surface area contributed by atoms with Gasteiger partial charge in [-0.3, -0.25) is 18.9 Å². The lowest BCUT2D eigenvalue weighted by molar-refractivity contribution is -0.248. The fraction of sp³-hybridized carbons (Fsp3) is 0.731. The van der Waals surface area contributed by atoms with Gasteiger partial charge < -0.3 is 19.3 Å². The number of phosphoric acid groups is 1. The molecule has 224 valence electrons. The number of phosphoric ester groups is 1. The van der Waals surface area contributed by atoms with Crippen LogP contribution in [0, 0.1) is 28.6 Å². The lowest BCUT2D eigenvalue weighted by atomic mass is 9.44. The Kier molecular flexibility index (Phi) is 8.37. The maximum Gasteiger partial charge on any atom is 0.471 e. The number of hydrogen-bond acceptors (Lipinski definition) is 8. The van der Waals surface area contributed by atoms with E-state index in [4.69, 9.17) is 9.47 Å². The van der Waals surface area contributed by atoms with Crippen molar-refractivity contribution >= 4 is 36.5 Å². The summed E-state index contributed by atoms with van der Waals surface area (Å²) in [6, 6.07) is -1.10. The second kappa shape index (κ2) is 10.6. The van der Waals surface area contributed by atoms with Crippen molar-refractivity contribution < 1.29 is 55.9 Å². The molecule has 4 aliphatic rings. The lowest BCUT2D eigenvalue weighted by Gasteiger charge is -2.63. The van der Waals surface area contributed by atoms with Crippen LogP contribution >= 0.6 is 19.6 Å². The fourth-order valence-electron chi connectivity index (χ4n) is 7.95. The predicted octanol–water partition coefficient (Wildman–Crippen LogP) is 4.52. The molecule has 3 fully saturated rings. The number of ketones is 1. The van der Waals surface area contributed by atoms with E-state index in [-0.39, 0.29) is 31.3 Å². The van der Waals surface area contributed by atoms with Crippen LogP contribution < -0.4 is 0 Å². The molecule has 0 bridgehead atoms. The number of hydrogen-bond donors (Lipinski definition) is 2. The Morgan fingerprint density at radius 2 is 1.90 bits per heavy atom. The average molecular weight is 611 g/mol. The minimum atomic E-state index is -5.02. The SMILES string of the molecule is CCC(=O)O[C@]1(C(=O)SCF)[C@H](C)C[C@H]2[C@@H]3C[C@H](F)C4=CC(=O)C=C[C@]4(C)[C@@]3(F)[C@@H](OCOP(=O)(O)O)C[C@@]21C. The first-order chi connectivity index (χ1) is 18.5. The summed E-state index contributed by atoms with van der Waals surface area (Å²) >= 11 is 0.330. The summed E-state index contributed by atoms with van der Waals surface area (Å²) in [6.07, 6.45) is -0.415. The Morgan fingerprint density at radius 3 is 2.50 bits per heavy atom. The summed E-state index contributed by atoms with van der Waals surface area (Å²) in [7, 11) is -5.02. The van der Waals surface area contributed by atoms with Crippen LogP contribution in [0.5, 0.6) is 0 Å². The van der Waals surface area contributed by atoms with E-state index in [1.54, 1.807) is 13.8 Å². The van der Waals surface area contributed by atoms with Gasteiger partial charge in [0.1, 0.15) is 12.2 Å². The average Bonchev–Trinajstić information content (AvgIpc) is 3.08. The predicted molar refractivity (Wildman–Crippen MR) is 138 cm³/mol. The van der Waals surface area contributed by atoms with Gasteiger partial charge in [-0.1, -0.05) is 26.8 Å². The van der Waals surface area contributed by atoms with Gasteiger partial charge in [0.05, 0.1) is 6.10 Å². The minimum absolute atomic E-state index is 0.0781. The smallest absolute Gasteiger partial charge is 0.449 e. The standard InChI is InChI=1S/C26H34F3O9PS/c1-5-21(31)38-26(22(32)40-12-27)14(2)8-16-17-10-19(28)18-9-15(30)6-7-23(18,3)25(17,29)20(11-24(16,26)4)36-13-37-39(33,34)35/h6-7,9,14,16-17,19-20H,5,8,10-13H2,1-4H3,(H2,33,34,35)/t14-,16+,17+,19+,20+,23+,24+,25+,26+/m1/s1. The molecule has 4 rings (SSSR count). The normalized spacial score (nSPS) is 42.5. The van der Waals surface area contributed by atoms with Crippen LogP contribution in [-0.4, -0.2) is 63.0 Å². The number of halogens is 3. The molecule has 0 saturated heterocycles. The van der Waals surface area contributed by atoms with Gasteiger partial charge in [0.25, 0.3) is 0 Å². The van der Waals surface area contributed by atoms with Crippen molar-refractivity contribution in [3.8, 4) is 0 Å². The van der Waals surface area contributed by atoms with Gasteiger partial charge in [-0.25, -0.2) is 17.7 Å². The van der Waals surface area contributed by atoms with Crippen LogP contribution in [0.4, 0.5) is 13.2 Å². The maximum atomic E-state index is 18.0. The number of thioether (sulfide) groups is 1. The van der Waals surface area contributed by atoms with Gasteiger partial charge in [0, 0.05) is 29.1 Å². The molecule has 0 aliphatic heterocycles. The van der Waals surface area contributed by atoms with E-state index >= 15 is 8.78 Å². The summed E-state index contributed by atoms with van der Waals surface area (Å²) in [4.78, 5) is 56.8. The monoisotopic (exact) mass is 610 g/mol. The lowest BCUT2D eigenvalue weighted by Crippen LogP contribution is -2.71. The van der Waals surface area contributed by atoms with Crippen LogP contribution in [0.1, 0.15) is 53.4 Å². The molecule has 2 N–H and O–H groups in total. The zero-order valence-electron chi connectivity index (χ0n) is 22.6. The van der Waals surface area contributed by atoms with E-state index in [9.17, 15) is 33.1 Å². The first kappa shape index (κ1) is 31.4. The molecule has 9 atom stereocenters. The van der Waals surface area contributed by atoms with Crippen molar-refractivity contribution in [2.24, 2.45) is 28.6 Å². The van der Waals surface area contributed by atoms with E-state index in [1.807, 2.05) is 0 Å². The maximum absolute atomic E-state index is 18.0. The first-order valence-electron chi connectivity index (χ1n) is 13.1. The van der Waals surface area contributed by atoms with Crippen LogP contribution in [0.2, 0.25) is 0 Å². The molecule has 9 nitrogen and oxygen atoms in total. The number of fused-ring (bicyclic) bond motifs is 5. The third-order valence-electron chi connectivity index (χ3n) is 9.69. The molecule has 0 unspecified atom stereocenters. The second-order valence-corrected chi connectivity index (χ2v) is 13.6. The van der Waals surface area contributed by atoms with Crippen molar-refractivity contribution in [1.82, 2.24) is 0 Å². The zero-order chi connectivity index (χ0) is 29.9. The molecule has 4 aliphatic carbocycles. The van der Waals surface area contributed by atoms with Crippen LogP contribution in [0.15, 0.2) is 23.8 Å². The Balaban J connectivity index is 1.90. The van der Waals surface area contributed by atoms with Gasteiger partial charge in [0.2, 0.25) is 5.12 Å². The van der Waals surface area contributed by atoms with Crippen molar-refractivity contribution in [3.63, 3.8) is 0 Å². The summed E-state index contributed by atoms with van der Waals surface area (Å²) < 4.78 is 74.7. The van der Waals surface area contributed by atoms with Gasteiger partial charge in [-0.15, -0.1) is 0 Å². The van der Waals surface area contributed by atoms with Gasteiger partial charge in [0.15, 0.2) is 23.8 Å². The van der Waals surface area contributed by atoms with Crippen molar-refractivity contribution in [3.05, 3.63) is 23.8 Å². The molecule has 0 heterocycles. The van der Waals surface area contributed by atoms with Crippen molar-refractivity contribution in [2.45, 2.75) is 76.9 Å². The van der Waals surface area contributed by atoms with Crippen LogP contribution in [0.3, 0.4) is 0 Å².